The first-order valence-corrected chi connectivity index (χ1v) is 5.91. The van der Waals surface area contributed by atoms with Crippen LogP contribution >= 0.6 is 0 Å². The summed E-state index contributed by atoms with van der Waals surface area (Å²) >= 11 is 0. The highest BCUT2D eigenvalue weighted by Crippen LogP contribution is 2.27. The first kappa shape index (κ1) is 13.1. The monoisotopic (exact) mass is 260 g/mol. The van der Waals surface area contributed by atoms with Crippen LogP contribution in [0.1, 0.15) is 29.7 Å². The third-order valence-electron chi connectivity index (χ3n) is 2.93. The van der Waals surface area contributed by atoms with Crippen LogP contribution in [0, 0.1) is 0 Å². The van der Waals surface area contributed by atoms with Gasteiger partial charge in [0.25, 0.3) is 0 Å². The first-order valence-electron chi connectivity index (χ1n) is 5.91. The molecule has 2 rings (SSSR count). The molecule has 6 heteroatoms. The fourth-order valence-electron chi connectivity index (χ4n) is 2.08. The second-order valence-electron chi connectivity index (χ2n) is 4.37. The lowest BCUT2D eigenvalue weighted by Crippen LogP contribution is -2.21. The second-order valence-corrected chi connectivity index (χ2v) is 4.37. The molecule has 2 N–H and O–H groups in total. The van der Waals surface area contributed by atoms with Crippen molar-refractivity contribution in [1.29, 1.82) is 0 Å². The van der Waals surface area contributed by atoms with Gasteiger partial charge in [-0.05, 0) is 37.3 Å². The summed E-state index contributed by atoms with van der Waals surface area (Å²) in [5.74, 6) is 0.0236. The molecule has 0 spiro atoms. The van der Waals surface area contributed by atoms with Crippen molar-refractivity contribution < 1.29 is 17.9 Å². The van der Waals surface area contributed by atoms with E-state index in [1.807, 2.05) is 6.07 Å². The Kier molecular flexibility index (Phi) is 3.75. The minimum Gasteiger partial charge on any atom is -0.468 e. The maximum absolute atomic E-state index is 12.1. The molecule has 1 heterocycles. The Bertz CT molecular complexity index is 432. The van der Waals surface area contributed by atoms with Gasteiger partial charge < -0.3 is 10.5 Å². The molecule has 100 valence electrons. The number of fused-ring (bicyclic) bond motifs is 1. The molecule has 1 aliphatic rings. The zero-order chi connectivity index (χ0) is 13.2. The Labute approximate surface area is 103 Å². The molecule has 1 aromatic heterocycles. The van der Waals surface area contributed by atoms with Gasteiger partial charge in [-0.25, -0.2) is 4.98 Å². The highest BCUT2D eigenvalue weighted by Gasteiger charge is 2.29. The zero-order valence-corrected chi connectivity index (χ0v) is 9.89. The number of alkyl halides is 3. The van der Waals surface area contributed by atoms with Crippen molar-refractivity contribution in [1.82, 2.24) is 4.98 Å². The molecular formula is C12H15F3N2O. The summed E-state index contributed by atoms with van der Waals surface area (Å²) in [5, 5.41) is 0. The van der Waals surface area contributed by atoms with Crippen LogP contribution in [-0.4, -0.2) is 17.8 Å². The molecule has 18 heavy (non-hydrogen) atoms. The predicted molar refractivity (Wildman–Crippen MR) is 60.3 cm³/mol. The largest absolute Gasteiger partial charge is 0.468 e. The van der Waals surface area contributed by atoms with E-state index in [4.69, 9.17) is 10.5 Å². The standard InChI is InChI=1S/C12H15F3N2O/c13-12(14,15)7-18-11-9(6-16)5-8-3-1-2-4-10(8)17-11/h5H,1-4,6-7,16H2. The summed E-state index contributed by atoms with van der Waals surface area (Å²) in [7, 11) is 0. The number of pyridine rings is 1. The van der Waals surface area contributed by atoms with Crippen LogP contribution in [-0.2, 0) is 19.4 Å². The highest BCUT2D eigenvalue weighted by atomic mass is 19.4. The number of nitrogens with zero attached hydrogens (tertiary/aromatic N) is 1. The predicted octanol–water partition coefficient (Wildman–Crippen LogP) is 2.36. The van der Waals surface area contributed by atoms with Gasteiger partial charge >= 0.3 is 6.18 Å². The van der Waals surface area contributed by atoms with E-state index in [1.165, 1.54) is 0 Å². The van der Waals surface area contributed by atoms with Gasteiger partial charge in [0.1, 0.15) is 0 Å². The van der Waals surface area contributed by atoms with Crippen LogP contribution < -0.4 is 10.5 Å². The molecule has 1 aliphatic carbocycles. The first-order chi connectivity index (χ1) is 8.49. The Morgan fingerprint density at radius 1 is 1.28 bits per heavy atom. The van der Waals surface area contributed by atoms with Crippen molar-refractivity contribution in [3.63, 3.8) is 0 Å². The van der Waals surface area contributed by atoms with Gasteiger partial charge in [0, 0.05) is 17.8 Å². The minimum absolute atomic E-state index is 0.0236. The topological polar surface area (TPSA) is 48.1 Å². The van der Waals surface area contributed by atoms with E-state index in [0.29, 0.717) is 5.56 Å². The lowest BCUT2D eigenvalue weighted by Gasteiger charge is -2.18. The van der Waals surface area contributed by atoms with Gasteiger partial charge in [-0.1, -0.05) is 0 Å². The lowest BCUT2D eigenvalue weighted by atomic mass is 9.95. The number of aryl methyl sites for hydroxylation is 2. The van der Waals surface area contributed by atoms with E-state index in [2.05, 4.69) is 4.98 Å². The molecule has 0 amide bonds. The van der Waals surface area contributed by atoms with Crippen molar-refractivity contribution in [2.75, 3.05) is 6.61 Å². The van der Waals surface area contributed by atoms with Crippen LogP contribution in [0.3, 0.4) is 0 Å². The minimum atomic E-state index is -4.36. The van der Waals surface area contributed by atoms with Gasteiger partial charge in [-0.2, -0.15) is 13.2 Å². The Hall–Kier alpha value is -1.30. The highest BCUT2D eigenvalue weighted by molar-refractivity contribution is 5.35. The Morgan fingerprint density at radius 3 is 2.67 bits per heavy atom. The van der Waals surface area contributed by atoms with Crippen LogP contribution in [0.15, 0.2) is 6.07 Å². The summed E-state index contributed by atoms with van der Waals surface area (Å²) in [6.07, 6.45) is -0.553. The number of ether oxygens (including phenoxy) is 1. The van der Waals surface area contributed by atoms with Crippen molar-refractivity contribution in [3.8, 4) is 5.88 Å². The average molecular weight is 260 g/mol. The van der Waals surface area contributed by atoms with Gasteiger partial charge in [0.2, 0.25) is 5.88 Å². The van der Waals surface area contributed by atoms with E-state index in [9.17, 15) is 13.2 Å². The zero-order valence-electron chi connectivity index (χ0n) is 9.89. The number of hydrogen-bond acceptors (Lipinski definition) is 3. The van der Waals surface area contributed by atoms with Gasteiger partial charge in [-0.15, -0.1) is 0 Å². The summed E-state index contributed by atoms with van der Waals surface area (Å²) in [6, 6.07) is 1.83. The van der Waals surface area contributed by atoms with E-state index in [1.54, 1.807) is 0 Å². The quantitative estimate of drug-likeness (QED) is 0.907. The molecule has 1 aromatic rings. The van der Waals surface area contributed by atoms with Crippen molar-refractivity contribution in [3.05, 3.63) is 22.9 Å². The smallest absolute Gasteiger partial charge is 0.422 e. The Morgan fingerprint density at radius 2 is 2.00 bits per heavy atom. The summed E-state index contributed by atoms with van der Waals surface area (Å²) in [4.78, 5) is 4.18. The third-order valence-corrected chi connectivity index (χ3v) is 2.93. The van der Waals surface area contributed by atoms with Crippen LogP contribution in [0.4, 0.5) is 13.2 Å². The van der Waals surface area contributed by atoms with E-state index < -0.39 is 12.8 Å². The van der Waals surface area contributed by atoms with E-state index in [-0.39, 0.29) is 12.4 Å². The second kappa shape index (κ2) is 5.14. The molecular weight excluding hydrogens is 245 g/mol. The number of aromatic nitrogens is 1. The number of rotatable bonds is 3. The number of hydrogen-bond donors (Lipinski definition) is 1. The number of halogens is 3. The normalized spacial score (nSPS) is 15.3. The summed E-state index contributed by atoms with van der Waals surface area (Å²) in [5.41, 5.74) is 7.99. The molecule has 0 atom stereocenters. The van der Waals surface area contributed by atoms with Crippen molar-refractivity contribution in [2.24, 2.45) is 5.73 Å². The molecule has 0 aromatic carbocycles. The SMILES string of the molecule is NCc1cc2c(nc1OCC(F)(F)F)CCCC2. The van der Waals surface area contributed by atoms with E-state index >= 15 is 0 Å². The number of nitrogens with two attached hydrogens (primary N) is 1. The molecule has 0 fully saturated rings. The lowest BCUT2D eigenvalue weighted by molar-refractivity contribution is -0.154. The molecule has 3 nitrogen and oxygen atoms in total. The van der Waals surface area contributed by atoms with Gasteiger partial charge in [0.15, 0.2) is 6.61 Å². The van der Waals surface area contributed by atoms with Crippen molar-refractivity contribution in [2.45, 2.75) is 38.4 Å². The fraction of sp³-hybridized carbons (Fsp3) is 0.583. The molecule has 0 bridgehead atoms. The van der Waals surface area contributed by atoms with Crippen LogP contribution in [0.2, 0.25) is 0 Å². The van der Waals surface area contributed by atoms with Gasteiger partial charge in [-0.3, -0.25) is 0 Å². The molecule has 0 aliphatic heterocycles. The summed E-state index contributed by atoms with van der Waals surface area (Å²) < 4.78 is 41.1. The molecule has 0 unspecified atom stereocenters. The maximum Gasteiger partial charge on any atom is 0.422 e. The molecule has 0 saturated carbocycles. The van der Waals surface area contributed by atoms with Crippen LogP contribution in [0.5, 0.6) is 5.88 Å². The maximum atomic E-state index is 12.1. The van der Waals surface area contributed by atoms with E-state index in [0.717, 1.165) is 36.9 Å². The Balaban J connectivity index is 2.22. The van der Waals surface area contributed by atoms with Crippen LogP contribution in [0.25, 0.3) is 0 Å². The molecule has 0 radical (unpaired) electrons. The molecule has 0 saturated heterocycles. The average Bonchev–Trinajstić information content (AvgIpc) is 2.34. The van der Waals surface area contributed by atoms with Crippen molar-refractivity contribution >= 4 is 0 Å². The van der Waals surface area contributed by atoms with Gasteiger partial charge in [0.05, 0.1) is 0 Å². The third kappa shape index (κ3) is 3.13. The fourth-order valence-corrected chi connectivity index (χ4v) is 2.08. The summed E-state index contributed by atoms with van der Waals surface area (Å²) in [6.45, 7) is -1.20.